The Labute approximate surface area is 169 Å². The van der Waals surface area contributed by atoms with Crippen LogP contribution >= 0.6 is 12.2 Å². The number of hydrogen-bond acceptors (Lipinski definition) is 5. The molecular weight excluding hydrogens is 376 g/mol. The van der Waals surface area contributed by atoms with Crippen LogP contribution in [0.3, 0.4) is 0 Å². The minimum Gasteiger partial charge on any atom is -0.508 e. The van der Waals surface area contributed by atoms with Crippen molar-refractivity contribution in [1.29, 1.82) is 5.41 Å². The number of carbonyl (C=O) groups excluding carboxylic acids is 1. The number of phenols is 2. The Morgan fingerprint density at radius 2 is 1.71 bits per heavy atom. The highest BCUT2D eigenvalue weighted by Crippen LogP contribution is 2.30. The number of aromatic hydroxyl groups is 2. The van der Waals surface area contributed by atoms with Crippen molar-refractivity contribution in [2.45, 2.75) is 20.3 Å². The van der Waals surface area contributed by atoms with E-state index in [1.165, 1.54) is 22.8 Å². The molecular formula is C20H24N4O3S. The fraction of sp³-hybridized carbons (Fsp3) is 0.250. The Kier molecular flexibility index (Phi) is 6.58. The average molecular weight is 401 g/mol. The van der Waals surface area contributed by atoms with Gasteiger partial charge in [0.1, 0.15) is 17.3 Å². The van der Waals surface area contributed by atoms with E-state index in [-0.39, 0.29) is 33.9 Å². The Morgan fingerprint density at radius 3 is 2.21 bits per heavy atom. The maximum absolute atomic E-state index is 11.5. The Hall–Kier alpha value is -3.13. The van der Waals surface area contributed by atoms with Gasteiger partial charge in [-0.15, -0.1) is 0 Å². The number of anilines is 2. The van der Waals surface area contributed by atoms with Gasteiger partial charge in [0, 0.05) is 38.5 Å². The van der Waals surface area contributed by atoms with Gasteiger partial charge < -0.3 is 20.4 Å². The summed E-state index contributed by atoms with van der Waals surface area (Å²) in [6.07, 6.45) is 0.551. The van der Waals surface area contributed by atoms with E-state index in [0.29, 0.717) is 23.4 Å². The van der Waals surface area contributed by atoms with E-state index >= 15 is 0 Å². The number of nitrogens with one attached hydrogen (secondary N) is 2. The molecule has 0 radical (unpaired) electrons. The first-order valence-electron chi connectivity index (χ1n) is 8.71. The summed E-state index contributed by atoms with van der Waals surface area (Å²) >= 11 is 5.37. The van der Waals surface area contributed by atoms with Gasteiger partial charge in [-0.1, -0.05) is 6.92 Å². The molecule has 0 aliphatic heterocycles. The second kappa shape index (κ2) is 8.71. The van der Waals surface area contributed by atoms with Crippen LogP contribution in [-0.2, 0) is 11.2 Å². The number of phenolic OH excluding ortho intramolecular Hbond substituents is 2. The van der Waals surface area contributed by atoms with Gasteiger partial charge in [-0.05, 0) is 54.5 Å². The lowest BCUT2D eigenvalue weighted by atomic mass is 10.0. The quantitative estimate of drug-likeness (QED) is 0.358. The minimum atomic E-state index is -0.212. The van der Waals surface area contributed by atoms with Crippen molar-refractivity contribution in [3.8, 4) is 11.5 Å². The van der Waals surface area contributed by atoms with Gasteiger partial charge in [-0.25, -0.2) is 0 Å². The van der Waals surface area contributed by atoms with Gasteiger partial charge in [-0.2, -0.15) is 0 Å². The van der Waals surface area contributed by atoms with Gasteiger partial charge >= 0.3 is 0 Å². The minimum absolute atomic E-state index is 0.0177. The van der Waals surface area contributed by atoms with Crippen molar-refractivity contribution in [3.05, 3.63) is 47.5 Å². The van der Waals surface area contributed by atoms with E-state index in [4.69, 9.17) is 17.6 Å². The summed E-state index contributed by atoms with van der Waals surface area (Å²) in [5.41, 5.74) is 2.16. The number of hydrogen-bond donors (Lipinski definition) is 4. The molecule has 4 N–H and O–H groups in total. The molecule has 0 aliphatic carbocycles. The van der Waals surface area contributed by atoms with E-state index in [2.05, 4.69) is 5.32 Å². The number of rotatable bonds is 4. The van der Waals surface area contributed by atoms with Crippen LogP contribution in [-0.4, -0.2) is 41.2 Å². The molecule has 0 fully saturated rings. The number of benzene rings is 2. The molecule has 0 aromatic heterocycles. The molecule has 0 saturated carbocycles. The molecule has 0 atom stereocenters. The smallest absolute Gasteiger partial charge is 0.223 e. The predicted molar refractivity (Wildman–Crippen MR) is 116 cm³/mol. The standard InChI is InChI=1S/C20H24N4O3S/c1-5-13-10-16(18(27)11-17(13)26)19(21)24(20(28)22-3)15-8-6-14(7-9-15)23(4)12(2)25/h6-11,21,26-27H,5H2,1-4H3,(H,22,28). The van der Waals surface area contributed by atoms with Crippen molar-refractivity contribution < 1.29 is 15.0 Å². The zero-order valence-corrected chi connectivity index (χ0v) is 17.1. The third-order valence-electron chi connectivity index (χ3n) is 4.44. The summed E-state index contributed by atoms with van der Waals surface area (Å²) in [6, 6.07) is 9.80. The Bertz CT molecular complexity index is 912. The van der Waals surface area contributed by atoms with E-state index in [0.717, 1.165) is 0 Å². The SMILES string of the molecule is CCc1cc(C(=N)N(C(=S)NC)c2ccc(N(C)C(C)=O)cc2)c(O)cc1O. The maximum Gasteiger partial charge on any atom is 0.223 e. The number of amides is 1. The summed E-state index contributed by atoms with van der Waals surface area (Å²) < 4.78 is 0. The summed E-state index contributed by atoms with van der Waals surface area (Å²) in [6.45, 7) is 3.35. The monoisotopic (exact) mass is 400 g/mol. The zero-order chi connectivity index (χ0) is 21.0. The largest absolute Gasteiger partial charge is 0.508 e. The lowest BCUT2D eigenvalue weighted by Gasteiger charge is -2.27. The summed E-state index contributed by atoms with van der Waals surface area (Å²) in [5.74, 6) is -0.365. The summed E-state index contributed by atoms with van der Waals surface area (Å²) in [5, 5.41) is 32.0. The van der Waals surface area contributed by atoms with Gasteiger partial charge in [0.15, 0.2) is 5.11 Å². The van der Waals surface area contributed by atoms with Crippen LogP contribution in [0.25, 0.3) is 0 Å². The maximum atomic E-state index is 11.5. The lowest BCUT2D eigenvalue weighted by molar-refractivity contribution is -0.116. The van der Waals surface area contributed by atoms with Gasteiger partial charge in [-0.3, -0.25) is 15.1 Å². The van der Waals surface area contributed by atoms with E-state index < -0.39 is 0 Å². The van der Waals surface area contributed by atoms with Crippen molar-refractivity contribution >= 4 is 40.4 Å². The molecule has 1 amide bonds. The first-order valence-corrected chi connectivity index (χ1v) is 9.12. The number of nitrogens with zero attached hydrogens (tertiary/aromatic N) is 2. The normalized spacial score (nSPS) is 10.3. The lowest BCUT2D eigenvalue weighted by Crippen LogP contribution is -2.42. The van der Waals surface area contributed by atoms with E-state index in [1.54, 1.807) is 44.4 Å². The second-order valence-corrected chi connectivity index (χ2v) is 6.57. The van der Waals surface area contributed by atoms with Crippen LogP contribution < -0.4 is 15.1 Å². The van der Waals surface area contributed by atoms with Crippen LogP contribution in [0.4, 0.5) is 11.4 Å². The number of aryl methyl sites for hydroxylation is 1. The molecule has 2 rings (SSSR count). The molecule has 0 aliphatic rings. The fourth-order valence-electron chi connectivity index (χ4n) is 2.68. The van der Waals surface area contributed by atoms with Gasteiger partial charge in [0.2, 0.25) is 5.91 Å². The van der Waals surface area contributed by atoms with E-state index in [1.807, 2.05) is 6.92 Å². The van der Waals surface area contributed by atoms with Crippen LogP contribution in [0.1, 0.15) is 25.0 Å². The van der Waals surface area contributed by atoms with Crippen LogP contribution in [0, 0.1) is 5.41 Å². The zero-order valence-electron chi connectivity index (χ0n) is 16.3. The molecule has 7 nitrogen and oxygen atoms in total. The molecule has 0 saturated heterocycles. The number of thiocarbonyl (C=S) groups is 1. The molecule has 0 bridgehead atoms. The summed E-state index contributed by atoms with van der Waals surface area (Å²) in [7, 11) is 3.32. The van der Waals surface area contributed by atoms with E-state index in [9.17, 15) is 15.0 Å². The molecule has 0 spiro atoms. The molecule has 148 valence electrons. The van der Waals surface area contributed by atoms with Crippen LogP contribution in [0.2, 0.25) is 0 Å². The topological polar surface area (TPSA) is 99.9 Å². The Morgan fingerprint density at radius 1 is 1.14 bits per heavy atom. The predicted octanol–water partition coefficient (Wildman–Crippen LogP) is 2.98. The highest BCUT2D eigenvalue weighted by Gasteiger charge is 2.22. The third kappa shape index (κ3) is 4.23. The van der Waals surface area contributed by atoms with Crippen molar-refractivity contribution in [2.24, 2.45) is 0 Å². The summed E-state index contributed by atoms with van der Waals surface area (Å²) in [4.78, 5) is 14.5. The number of amidine groups is 1. The third-order valence-corrected chi connectivity index (χ3v) is 4.83. The molecule has 0 heterocycles. The highest BCUT2D eigenvalue weighted by molar-refractivity contribution is 7.80. The van der Waals surface area contributed by atoms with Crippen molar-refractivity contribution in [3.63, 3.8) is 0 Å². The second-order valence-electron chi connectivity index (χ2n) is 6.19. The molecule has 28 heavy (non-hydrogen) atoms. The molecule has 2 aromatic carbocycles. The molecule has 2 aromatic rings. The molecule has 0 unspecified atom stereocenters. The number of carbonyl (C=O) groups is 1. The Balaban J connectivity index is 2.49. The first-order chi connectivity index (χ1) is 13.2. The van der Waals surface area contributed by atoms with Crippen LogP contribution in [0.15, 0.2) is 36.4 Å². The highest BCUT2D eigenvalue weighted by atomic mass is 32.1. The van der Waals surface area contributed by atoms with Crippen molar-refractivity contribution in [2.75, 3.05) is 23.9 Å². The molecule has 8 heteroatoms. The fourth-order valence-corrected chi connectivity index (χ4v) is 2.88. The first kappa shape index (κ1) is 21.2. The average Bonchev–Trinajstić information content (AvgIpc) is 2.67. The van der Waals surface area contributed by atoms with Crippen LogP contribution in [0.5, 0.6) is 11.5 Å². The van der Waals surface area contributed by atoms with Gasteiger partial charge in [0.05, 0.1) is 5.56 Å². The van der Waals surface area contributed by atoms with Crippen molar-refractivity contribution in [1.82, 2.24) is 5.32 Å². The van der Waals surface area contributed by atoms with Gasteiger partial charge in [0.25, 0.3) is 0 Å².